The molecule has 5 heteroatoms. The number of hydrogen-bond donors (Lipinski definition) is 0. The van der Waals surface area contributed by atoms with Gasteiger partial charge in [-0.1, -0.05) is 74.1 Å². The normalized spacial score (nSPS) is 14.0. The second kappa shape index (κ2) is 8.33. The van der Waals surface area contributed by atoms with Gasteiger partial charge in [0.05, 0.1) is 33.0 Å². The summed E-state index contributed by atoms with van der Waals surface area (Å²) >= 11 is 1.67. The van der Waals surface area contributed by atoms with E-state index < -0.39 is 0 Å². The third-order valence-electron chi connectivity index (χ3n) is 6.95. The van der Waals surface area contributed by atoms with E-state index in [2.05, 4.69) is 90.5 Å². The van der Waals surface area contributed by atoms with E-state index in [4.69, 9.17) is 9.47 Å². The minimum Gasteiger partial charge on any atom is -0.455 e. The summed E-state index contributed by atoms with van der Waals surface area (Å²) in [6.07, 6.45) is 3.65. The van der Waals surface area contributed by atoms with Crippen molar-refractivity contribution in [2.24, 2.45) is 0 Å². The molecular formula is C32H22N2O2S. The molecule has 2 aliphatic rings. The Morgan fingerprint density at radius 2 is 1.49 bits per heavy atom. The summed E-state index contributed by atoms with van der Waals surface area (Å²) in [7, 11) is 0. The van der Waals surface area contributed by atoms with Gasteiger partial charge in [-0.15, -0.1) is 0 Å². The average molecular weight is 499 g/mol. The molecule has 7 rings (SSSR count). The maximum atomic E-state index is 6.65. The number of fused-ring (bicyclic) bond motifs is 4. The van der Waals surface area contributed by atoms with Crippen LogP contribution in [0.3, 0.4) is 0 Å². The highest BCUT2D eigenvalue weighted by molar-refractivity contribution is 7.99. The number of benzene rings is 3. The van der Waals surface area contributed by atoms with Gasteiger partial charge in [0.15, 0.2) is 17.2 Å². The van der Waals surface area contributed by atoms with Gasteiger partial charge in [-0.05, 0) is 36.4 Å². The van der Waals surface area contributed by atoms with Gasteiger partial charge in [0.2, 0.25) is 0 Å². The molecule has 3 heterocycles. The third kappa shape index (κ3) is 3.45. The van der Waals surface area contributed by atoms with Crippen LogP contribution in [0.15, 0.2) is 107 Å². The number of anilines is 3. The molecule has 0 unspecified atom stereocenters. The van der Waals surface area contributed by atoms with E-state index in [0.717, 1.165) is 55.4 Å². The fourth-order valence-electron chi connectivity index (χ4n) is 5.13. The van der Waals surface area contributed by atoms with Crippen LogP contribution < -0.4 is 14.4 Å². The first-order valence-electron chi connectivity index (χ1n) is 12.1. The van der Waals surface area contributed by atoms with Crippen molar-refractivity contribution in [3.8, 4) is 23.0 Å². The van der Waals surface area contributed by atoms with Crippen molar-refractivity contribution in [1.29, 1.82) is 0 Å². The van der Waals surface area contributed by atoms with Gasteiger partial charge < -0.3 is 14.4 Å². The van der Waals surface area contributed by atoms with Crippen molar-refractivity contribution in [3.05, 3.63) is 121 Å². The van der Waals surface area contributed by atoms with Gasteiger partial charge >= 0.3 is 0 Å². The highest BCUT2D eigenvalue weighted by atomic mass is 32.2. The summed E-state index contributed by atoms with van der Waals surface area (Å²) in [6.45, 7) is 4.50. The van der Waals surface area contributed by atoms with Gasteiger partial charge in [-0.2, -0.15) is 0 Å². The molecule has 4 aromatic carbocycles. The molecule has 0 N–H and O–H groups in total. The Balaban J connectivity index is 1.45. The Kier molecular flexibility index (Phi) is 4.92. The second-order valence-corrected chi connectivity index (χ2v) is 10.6. The maximum absolute atomic E-state index is 6.65. The number of ether oxygens (including phenoxy) is 2. The van der Waals surface area contributed by atoms with E-state index in [0.29, 0.717) is 0 Å². The number of pyridine rings is 1. The number of hydrogen-bond acceptors (Lipinski definition) is 5. The first kappa shape index (κ1) is 21.8. The average Bonchev–Trinajstić information content (AvgIpc) is 2.93. The van der Waals surface area contributed by atoms with Crippen LogP contribution in [0.25, 0.3) is 0 Å². The quantitative estimate of drug-likeness (QED) is 0.243. The van der Waals surface area contributed by atoms with E-state index in [1.54, 1.807) is 18.0 Å². The number of aromatic nitrogens is 1. The van der Waals surface area contributed by atoms with E-state index >= 15 is 0 Å². The molecule has 0 saturated carbocycles. The maximum Gasteiger partial charge on any atom is 0.165 e. The largest absolute Gasteiger partial charge is 0.455 e. The summed E-state index contributed by atoms with van der Waals surface area (Å²) in [4.78, 5) is 8.68. The Bertz CT molecular complexity index is 1650. The lowest BCUT2D eigenvalue weighted by Crippen LogP contribution is -2.25. The van der Waals surface area contributed by atoms with Crippen LogP contribution >= 0.6 is 11.8 Å². The molecule has 2 aliphatic heterocycles. The van der Waals surface area contributed by atoms with Crippen LogP contribution in [-0.4, -0.2) is 4.98 Å². The van der Waals surface area contributed by atoms with Crippen LogP contribution in [0.5, 0.6) is 23.0 Å². The molecule has 0 saturated heterocycles. The molecule has 1 aromatic heterocycles. The molecule has 0 bridgehead atoms. The van der Waals surface area contributed by atoms with Crippen molar-refractivity contribution >= 4 is 28.8 Å². The first-order chi connectivity index (χ1) is 18.1. The molecule has 37 heavy (non-hydrogen) atoms. The summed E-state index contributed by atoms with van der Waals surface area (Å²) < 4.78 is 13.2. The predicted molar refractivity (Wildman–Crippen MR) is 146 cm³/mol. The van der Waals surface area contributed by atoms with E-state index in [-0.39, 0.29) is 5.41 Å². The third-order valence-corrected chi connectivity index (χ3v) is 8.03. The Hall–Kier alpha value is -4.40. The Labute approximate surface area is 220 Å². The van der Waals surface area contributed by atoms with Crippen molar-refractivity contribution in [1.82, 2.24) is 4.98 Å². The zero-order valence-corrected chi connectivity index (χ0v) is 21.2. The molecule has 0 spiro atoms. The second-order valence-electron chi connectivity index (χ2n) is 9.54. The highest BCUT2D eigenvalue weighted by Crippen LogP contribution is 2.56. The van der Waals surface area contributed by atoms with Crippen LogP contribution in [-0.2, 0) is 5.41 Å². The zero-order valence-electron chi connectivity index (χ0n) is 20.4. The van der Waals surface area contributed by atoms with Crippen LogP contribution in [0.2, 0.25) is 0 Å². The fourth-order valence-corrected chi connectivity index (χ4v) is 6.07. The molecule has 0 radical (unpaired) electrons. The van der Waals surface area contributed by atoms with Gasteiger partial charge in [0.25, 0.3) is 0 Å². The standard InChI is InChI=1S/C32H22N2O2S/c1-32(2)22-11-3-4-15-26(22)35-30-23(32)12-7-13-24(30)34(21-10-9-19-33-20-21)25-14-8-18-29-31(25)36-27-16-5-6-17-28(27)37-29/h3-4,7-20H,1-2H3. The van der Waals surface area contributed by atoms with Gasteiger partial charge in [0.1, 0.15) is 5.75 Å². The molecule has 0 aliphatic carbocycles. The molecular weight excluding hydrogens is 476 g/mol. The van der Waals surface area contributed by atoms with Gasteiger partial charge in [-0.25, -0.2) is 0 Å². The molecule has 178 valence electrons. The number of rotatable bonds is 3. The van der Waals surface area contributed by atoms with Crippen molar-refractivity contribution < 1.29 is 9.47 Å². The van der Waals surface area contributed by atoms with Gasteiger partial charge in [0, 0.05) is 34.9 Å². The molecule has 4 nitrogen and oxygen atoms in total. The summed E-state index contributed by atoms with van der Waals surface area (Å²) in [5.74, 6) is 3.27. The van der Waals surface area contributed by atoms with E-state index in [1.807, 2.05) is 36.5 Å². The summed E-state index contributed by atoms with van der Waals surface area (Å²) in [5.41, 5.74) is 4.83. The first-order valence-corrected chi connectivity index (χ1v) is 12.9. The lowest BCUT2D eigenvalue weighted by molar-refractivity contribution is 0.419. The molecule has 0 atom stereocenters. The lowest BCUT2D eigenvalue weighted by Gasteiger charge is -2.37. The summed E-state index contributed by atoms with van der Waals surface area (Å²) in [6, 6.07) is 34.7. The number of para-hydroxylation sites is 3. The topological polar surface area (TPSA) is 34.6 Å². The Morgan fingerprint density at radius 1 is 0.730 bits per heavy atom. The van der Waals surface area contributed by atoms with Crippen molar-refractivity contribution in [2.75, 3.05) is 4.90 Å². The molecule has 0 fully saturated rings. The Morgan fingerprint density at radius 3 is 2.35 bits per heavy atom. The predicted octanol–water partition coefficient (Wildman–Crippen LogP) is 8.84. The minimum atomic E-state index is -0.228. The van der Waals surface area contributed by atoms with Crippen LogP contribution in [0, 0.1) is 12.1 Å². The molecule has 5 aromatic rings. The SMILES string of the molecule is CC1(C)c2ccccc2Oc2c(N(c3cccnc3)c3cccc4c3Oc3cc#ccc3S4)cccc21. The highest BCUT2D eigenvalue weighted by Gasteiger charge is 2.37. The minimum absolute atomic E-state index is 0.228. The fraction of sp³-hybridized carbons (Fsp3) is 0.0938. The van der Waals surface area contributed by atoms with Gasteiger partial charge in [-0.3, -0.25) is 4.98 Å². The smallest absolute Gasteiger partial charge is 0.165 e. The van der Waals surface area contributed by atoms with Crippen molar-refractivity contribution in [3.63, 3.8) is 0 Å². The lowest BCUT2D eigenvalue weighted by atomic mass is 9.75. The molecule has 0 amide bonds. The van der Waals surface area contributed by atoms with Crippen molar-refractivity contribution in [2.45, 2.75) is 29.1 Å². The van der Waals surface area contributed by atoms with Crippen LogP contribution in [0.4, 0.5) is 17.1 Å². The number of nitrogens with zero attached hydrogens (tertiary/aromatic N) is 2. The monoisotopic (exact) mass is 498 g/mol. The zero-order chi connectivity index (χ0) is 25.0. The van der Waals surface area contributed by atoms with Crippen LogP contribution in [0.1, 0.15) is 25.0 Å². The summed E-state index contributed by atoms with van der Waals surface area (Å²) in [5, 5.41) is 0. The van der Waals surface area contributed by atoms with E-state index in [1.165, 1.54) is 5.56 Å². The van der Waals surface area contributed by atoms with E-state index in [9.17, 15) is 0 Å².